The number of nitro benzene ring substituents is 1. The standard InChI is InChI=1S/C13H9F3N2O7S2/c1-2-24-12(19)9-10(25-27(22,23)13(14,15)16)17-11(26-9)7-3-5-8(6-4-7)18(20)21/h3-6H,2H2,1H3. The van der Waals surface area contributed by atoms with Gasteiger partial charge in [-0.2, -0.15) is 26.6 Å². The van der Waals surface area contributed by atoms with Gasteiger partial charge in [0.15, 0.2) is 4.88 Å². The summed E-state index contributed by atoms with van der Waals surface area (Å²) >= 11 is 0.514. The van der Waals surface area contributed by atoms with Crippen molar-refractivity contribution < 1.29 is 40.2 Å². The maximum Gasteiger partial charge on any atom is 0.534 e. The van der Waals surface area contributed by atoms with Crippen molar-refractivity contribution in [3.63, 3.8) is 0 Å². The van der Waals surface area contributed by atoms with Crippen LogP contribution in [0, 0.1) is 10.1 Å². The van der Waals surface area contributed by atoms with Gasteiger partial charge in [0.05, 0.1) is 11.5 Å². The number of halogens is 3. The van der Waals surface area contributed by atoms with Gasteiger partial charge in [-0.1, -0.05) is 0 Å². The first-order chi connectivity index (χ1) is 12.5. The predicted octanol–water partition coefficient (Wildman–Crippen LogP) is 3.12. The molecule has 0 aliphatic carbocycles. The van der Waals surface area contributed by atoms with E-state index in [-0.39, 0.29) is 22.9 Å². The Bertz CT molecular complexity index is 969. The van der Waals surface area contributed by atoms with E-state index in [4.69, 9.17) is 0 Å². The molecule has 0 bridgehead atoms. The number of hydrogen-bond donors (Lipinski definition) is 0. The summed E-state index contributed by atoms with van der Waals surface area (Å²) in [6.07, 6.45) is 0. The average molecular weight is 426 g/mol. The molecule has 0 unspecified atom stereocenters. The SMILES string of the molecule is CCOC(=O)c1sc(-c2ccc([N+](=O)[O-])cc2)nc1OS(=O)(=O)C(F)(F)F. The van der Waals surface area contributed by atoms with Crippen LogP contribution in [0.1, 0.15) is 16.6 Å². The lowest BCUT2D eigenvalue weighted by Gasteiger charge is -2.08. The third-order valence-electron chi connectivity index (χ3n) is 2.85. The summed E-state index contributed by atoms with van der Waals surface area (Å²) < 4.78 is 68.6. The van der Waals surface area contributed by atoms with Crippen LogP contribution >= 0.6 is 11.3 Å². The highest BCUT2D eigenvalue weighted by Crippen LogP contribution is 2.36. The Morgan fingerprint density at radius 3 is 2.37 bits per heavy atom. The Hall–Kier alpha value is -2.74. The Morgan fingerprint density at radius 2 is 1.89 bits per heavy atom. The number of aromatic nitrogens is 1. The number of non-ortho nitro benzene ring substituents is 1. The Kier molecular flexibility index (Phi) is 5.70. The molecule has 0 fully saturated rings. The van der Waals surface area contributed by atoms with Crippen molar-refractivity contribution in [2.75, 3.05) is 6.61 Å². The van der Waals surface area contributed by atoms with Crippen LogP contribution in [0.2, 0.25) is 0 Å². The van der Waals surface area contributed by atoms with Crippen molar-refractivity contribution in [2.45, 2.75) is 12.4 Å². The van der Waals surface area contributed by atoms with Gasteiger partial charge >= 0.3 is 21.6 Å². The molecule has 14 heteroatoms. The third-order valence-corrected chi connectivity index (χ3v) is 4.86. The zero-order chi connectivity index (χ0) is 20.4. The molecular formula is C13H9F3N2O7S2. The molecule has 0 atom stereocenters. The highest BCUT2D eigenvalue weighted by atomic mass is 32.2. The second-order valence-electron chi connectivity index (χ2n) is 4.66. The summed E-state index contributed by atoms with van der Waals surface area (Å²) in [5.74, 6) is -2.22. The minimum Gasteiger partial charge on any atom is -0.462 e. The quantitative estimate of drug-likeness (QED) is 0.227. The molecule has 1 heterocycles. The van der Waals surface area contributed by atoms with Crippen LogP contribution in [0.5, 0.6) is 5.88 Å². The van der Waals surface area contributed by atoms with Gasteiger partial charge in [0.1, 0.15) is 5.01 Å². The van der Waals surface area contributed by atoms with E-state index in [0.717, 1.165) is 12.1 Å². The zero-order valence-electron chi connectivity index (χ0n) is 13.2. The first kappa shape index (κ1) is 20.6. The topological polar surface area (TPSA) is 126 Å². The van der Waals surface area contributed by atoms with E-state index in [9.17, 15) is 36.5 Å². The van der Waals surface area contributed by atoms with Crippen LogP contribution in [0.3, 0.4) is 0 Å². The van der Waals surface area contributed by atoms with E-state index in [2.05, 4.69) is 13.9 Å². The Balaban J connectivity index is 2.49. The molecule has 0 amide bonds. The summed E-state index contributed by atoms with van der Waals surface area (Å²) in [6, 6.07) is 4.67. The maximum atomic E-state index is 12.5. The number of carbonyl (C=O) groups is 1. The molecule has 0 aliphatic heterocycles. The minimum absolute atomic E-state index is 0.0969. The van der Waals surface area contributed by atoms with Gasteiger partial charge in [0.25, 0.3) is 11.6 Å². The van der Waals surface area contributed by atoms with Gasteiger partial charge in [-0.15, -0.1) is 11.3 Å². The number of benzene rings is 1. The number of rotatable bonds is 6. The van der Waals surface area contributed by atoms with E-state index in [1.807, 2.05) is 0 Å². The molecular weight excluding hydrogens is 417 g/mol. The Morgan fingerprint density at radius 1 is 1.30 bits per heavy atom. The molecule has 2 rings (SSSR count). The van der Waals surface area contributed by atoms with E-state index >= 15 is 0 Å². The lowest BCUT2D eigenvalue weighted by molar-refractivity contribution is -0.384. The van der Waals surface area contributed by atoms with Crippen molar-refractivity contribution in [3.05, 3.63) is 39.3 Å². The van der Waals surface area contributed by atoms with Crippen LogP contribution < -0.4 is 4.18 Å². The molecule has 0 aliphatic rings. The van der Waals surface area contributed by atoms with Gasteiger partial charge < -0.3 is 8.92 Å². The van der Waals surface area contributed by atoms with Gasteiger partial charge in [-0.3, -0.25) is 10.1 Å². The number of carbonyl (C=O) groups excluding carboxylic acids is 1. The smallest absolute Gasteiger partial charge is 0.462 e. The predicted molar refractivity (Wildman–Crippen MR) is 85.8 cm³/mol. The van der Waals surface area contributed by atoms with Gasteiger partial charge in [0.2, 0.25) is 0 Å². The summed E-state index contributed by atoms with van der Waals surface area (Å²) in [7, 11) is -6.06. The van der Waals surface area contributed by atoms with Crippen molar-refractivity contribution in [1.29, 1.82) is 0 Å². The van der Waals surface area contributed by atoms with Crippen molar-refractivity contribution in [3.8, 4) is 16.5 Å². The van der Waals surface area contributed by atoms with Crippen molar-refractivity contribution >= 4 is 33.1 Å². The molecule has 0 N–H and O–H groups in total. The normalized spacial score (nSPS) is 11.9. The third kappa shape index (κ3) is 4.51. The van der Waals surface area contributed by atoms with Crippen LogP contribution in [0.4, 0.5) is 18.9 Å². The monoisotopic (exact) mass is 426 g/mol. The summed E-state index contributed by atoms with van der Waals surface area (Å²) in [4.78, 5) is 24.9. The Labute approximate surface area is 153 Å². The fourth-order valence-corrected chi connectivity index (χ4v) is 3.06. The van der Waals surface area contributed by atoms with Gasteiger partial charge in [-0.25, -0.2) is 4.79 Å². The van der Waals surface area contributed by atoms with E-state index in [0.29, 0.717) is 11.3 Å². The number of thiazole rings is 1. The highest BCUT2D eigenvalue weighted by Gasteiger charge is 2.49. The summed E-state index contributed by atoms with van der Waals surface area (Å²) in [6.45, 7) is 1.30. The molecule has 1 aromatic carbocycles. The van der Waals surface area contributed by atoms with E-state index < -0.39 is 37.3 Å². The molecule has 0 spiro atoms. The van der Waals surface area contributed by atoms with Crippen molar-refractivity contribution in [1.82, 2.24) is 4.98 Å². The first-order valence-corrected chi connectivity index (χ1v) is 9.12. The molecule has 27 heavy (non-hydrogen) atoms. The molecule has 146 valence electrons. The number of esters is 1. The van der Waals surface area contributed by atoms with Crippen LogP contribution in [-0.4, -0.2) is 36.4 Å². The fourth-order valence-electron chi connectivity index (χ4n) is 1.69. The fraction of sp³-hybridized carbons (Fsp3) is 0.231. The molecule has 9 nitrogen and oxygen atoms in total. The van der Waals surface area contributed by atoms with Crippen LogP contribution in [0.15, 0.2) is 24.3 Å². The number of ether oxygens (including phenoxy) is 1. The zero-order valence-corrected chi connectivity index (χ0v) is 14.9. The molecule has 2 aromatic rings. The van der Waals surface area contributed by atoms with Crippen LogP contribution in [0.25, 0.3) is 10.6 Å². The maximum absolute atomic E-state index is 12.5. The van der Waals surface area contributed by atoms with E-state index in [1.165, 1.54) is 19.1 Å². The molecule has 1 aromatic heterocycles. The number of alkyl halides is 3. The second kappa shape index (κ2) is 7.48. The molecule has 0 radical (unpaired) electrons. The number of nitro groups is 1. The largest absolute Gasteiger partial charge is 0.534 e. The number of hydrogen-bond acceptors (Lipinski definition) is 9. The minimum atomic E-state index is -6.06. The highest BCUT2D eigenvalue weighted by molar-refractivity contribution is 7.88. The number of nitrogens with zero attached hydrogens (tertiary/aromatic N) is 2. The van der Waals surface area contributed by atoms with Crippen molar-refractivity contribution in [2.24, 2.45) is 0 Å². The lowest BCUT2D eigenvalue weighted by Crippen LogP contribution is -2.28. The summed E-state index contributed by atoms with van der Waals surface area (Å²) in [5, 5.41) is 10.6. The van der Waals surface area contributed by atoms with E-state index in [1.54, 1.807) is 0 Å². The second-order valence-corrected chi connectivity index (χ2v) is 7.20. The lowest BCUT2D eigenvalue weighted by atomic mass is 10.2. The molecule has 0 saturated heterocycles. The molecule has 0 saturated carbocycles. The van der Waals surface area contributed by atoms with Gasteiger partial charge in [0, 0.05) is 17.7 Å². The van der Waals surface area contributed by atoms with Crippen LogP contribution in [-0.2, 0) is 14.9 Å². The first-order valence-electron chi connectivity index (χ1n) is 6.89. The average Bonchev–Trinajstić information content (AvgIpc) is 2.97. The van der Waals surface area contributed by atoms with Gasteiger partial charge in [-0.05, 0) is 19.1 Å². The summed E-state index contributed by atoms with van der Waals surface area (Å²) in [5.41, 5.74) is -5.79.